The Bertz CT molecular complexity index is 533. The summed E-state index contributed by atoms with van der Waals surface area (Å²) in [6.07, 6.45) is 2.28. The van der Waals surface area contributed by atoms with Crippen LogP contribution in [0, 0.1) is 3.57 Å². The van der Waals surface area contributed by atoms with Crippen LogP contribution in [0.15, 0.2) is 12.3 Å². The lowest BCUT2D eigenvalue weighted by atomic mass is 10.2. The van der Waals surface area contributed by atoms with E-state index in [0.717, 1.165) is 28.8 Å². The molecule has 0 bridgehead atoms. The second kappa shape index (κ2) is 6.56. The number of nitrogens with zero attached hydrogens (tertiary/aromatic N) is 2. The van der Waals surface area contributed by atoms with E-state index in [1.165, 1.54) is 0 Å². The van der Waals surface area contributed by atoms with E-state index in [9.17, 15) is 4.79 Å². The number of aromatic nitrogens is 1. The number of rotatable bonds is 2. The number of carbonyl (C=O) groups is 1. The molecule has 7 heteroatoms. The Balaban J connectivity index is 1.95. The van der Waals surface area contributed by atoms with Crippen molar-refractivity contribution in [2.45, 2.75) is 38.8 Å². The summed E-state index contributed by atoms with van der Waals surface area (Å²) in [5, 5.41) is 3.40. The van der Waals surface area contributed by atoms with Gasteiger partial charge in [-0.15, -0.1) is 0 Å². The standard InChI is InChI=1S/C14H19ClIN3O2/c1-14(2,3)21-13(20)18-9-4-5-19(8-9)11-6-12(15)17-7-10(11)16/h6-7,9H,4-5,8H2,1-3H3,(H,18,20)/t9-/m0/s1. The third-order valence-corrected chi connectivity index (χ3v) is 4.09. The molecule has 2 rings (SSSR count). The number of carbonyl (C=O) groups excluding carboxylic acids is 1. The van der Waals surface area contributed by atoms with Crippen LogP contribution in [0.1, 0.15) is 27.2 Å². The second-order valence-corrected chi connectivity index (χ2v) is 7.59. The molecule has 116 valence electrons. The Kier molecular flexibility index (Phi) is 5.19. The summed E-state index contributed by atoms with van der Waals surface area (Å²) in [5.74, 6) is 0. The Hall–Kier alpha value is -0.760. The van der Waals surface area contributed by atoms with Crippen LogP contribution in [0.3, 0.4) is 0 Å². The molecule has 0 saturated carbocycles. The molecule has 1 aliphatic heterocycles. The van der Waals surface area contributed by atoms with Gasteiger partial charge in [-0.1, -0.05) is 11.6 Å². The fourth-order valence-corrected chi connectivity index (χ4v) is 3.01. The highest BCUT2D eigenvalue weighted by Gasteiger charge is 2.27. The van der Waals surface area contributed by atoms with Crippen LogP contribution in [-0.2, 0) is 4.74 Å². The first-order valence-corrected chi connectivity index (χ1v) is 8.26. The van der Waals surface area contributed by atoms with Crippen LogP contribution in [0.4, 0.5) is 10.5 Å². The zero-order chi connectivity index (χ0) is 15.6. The van der Waals surface area contributed by atoms with Gasteiger partial charge in [0.1, 0.15) is 10.8 Å². The van der Waals surface area contributed by atoms with Crippen LogP contribution in [0.25, 0.3) is 0 Å². The number of alkyl carbamates (subject to hydrolysis) is 1. The maximum Gasteiger partial charge on any atom is 0.407 e. The van der Waals surface area contributed by atoms with E-state index in [2.05, 4.69) is 37.8 Å². The van der Waals surface area contributed by atoms with Gasteiger partial charge in [-0.3, -0.25) is 0 Å². The molecule has 1 atom stereocenters. The van der Waals surface area contributed by atoms with Crippen molar-refractivity contribution in [3.63, 3.8) is 0 Å². The SMILES string of the molecule is CC(C)(C)OC(=O)N[C@H]1CCN(c2cc(Cl)ncc2I)C1. The van der Waals surface area contributed by atoms with Crippen molar-refractivity contribution < 1.29 is 9.53 Å². The number of ether oxygens (including phenoxy) is 1. The van der Waals surface area contributed by atoms with Gasteiger partial charge in [0.25, 0.3) is 0 Å². The fraction of sp³-hybridized carbons (Fsp3) is 0.571. The lowest BCUT2D eigenvalue weighted by Crippen LogP contribution is -2.40. The molecule has 0 aliphatic carbocycles. The molecule has 1 N–H and O–H groups in total. The van der Waals surface area contributed by atoms with Crippen LogP contribution in [0.5, 0.6) is 0 Å². The molecular formula is C14H19ClIN3O2. The maximum absolute atomic E-state index is 11.8. The van der Waals surface area contributed by atoms with Crippen molar-refractivity contribution in [3.05, 3.63) is 21.0 Å². The van der Waals surface area contributed by atoms with E-state index in [4.69, 9.17) is 16.3 Å². The minimum absolute atomic E-state index is 0.0857. The maximum atomic E-state index is 11.8. The lowest BCUT2D eigenvalue weighted by Gasteiger charge is -2.23. The highest BCUT2D eigenvalue weighted by atomic mass is 127. The summed E-state index contributed by atoms with van der Waals surface area (Å²) in [6, 6.07) is 1.95. The number of nitrogens with one attached hydrogen (secondary N) is 1. The second-order valence-electron chi connectivity index (χ2n) is 6.04. The van der Waals surface area contributed by atoms with Crippen molar-refractivity contribution >= 4 is 46.0 Å². The van der Waals surface area contributed by atoms with Gasteiger partial charge in [0.15, 0.2) is 0 Å². The first kappa shape index (κ1) is 16.6. The Morgan fingerprint density at radius 3 is 2.95 bits per heavy atom. The molecule has 0 unspecified atom stereocenters. The van der Waals surface area contributed by atoms with Crippen LogP contribution in [-0.4, -0.2) is 35.8 Å². The van der Waals surface area contributed by atoms with Crippen LogP contribution in [0.2, 0.25) is 5.15 Å². The van der Waals surface area contributed by atoms with E-state index in [0.29, 0.717) is 5.15 Å². The van der Waals surface area contributed by atoms with E-state index >= 15 is 0 Å². The average molecular weight is 424 g/mol. The summed E-state index contributed by atoms with van der Waals surface area (Å²) in [5.41, 5.74) is 0.584. The molecular weight excluding hydrogens is 405 g/mol. The summed E-state index contributed by atoms with van der Waals surface area (Å²) in [7, 11) is 0. The largest absolute Gasteiger partial charge is 0.444 e. The highest BCUT2D eigenvalue weighted by Crippen LogP contribution is 2.27. The number of halogens is 2. The third kappa shape index (κ3) is 4.88. The molecule has 0 spiro atoms. The van der Waals surface area contributed by atoms with Crippen molar-refractivity contribution in [1.29, 1.82) is 0 Å². The molecule has 21 heavy (non-hydrogen) atoms. The zero-order valence-electron chi connectivity index (χ0n) is 12.3. The fourth-order valence-electron chi connectivity index (χ4n) is 2.22. The predicted molar refractivity (Wildman–Crippen MR) is 92.0 cm³/mol. The van der Waals surface area contributed by atoms with E-state index in [-0.39, 0.29) is 12.1 Å². The number of hydrogen-bond acceptors (Lipinski definition) is 4. The number of pyridine rings is 1. The summed E-state index contributed by atoms with van der Waals surface area (Å²) in [6.45, 7) is 7.19. The van der Waals surface area contributed by atoms with E-state index in [1.54, 1.807) is 6.20 Å². The molecule has 1 saturated heterocycles. The van der Waals surface area contributed by atoms with Gasteiger partial charge in [0.05, 0.1) is 15.3 Å². The predicted octanol–water partition coefficient (Wildman–Crippen LogP) is 3.44. The molecule has 5 nitrogen and oxygen atoms in total. The minimum Gasteiger partial charge on any atom is -0.444 e. The topological polar surface area (TPSA) is 54.5 Å². The number of amides is 1. The minimum atomic E-state index is -0.476. The summed E-state index contributed by atoms with van der Waals surface area (Å²) in [4.78, 5) is 18.1. The first-order valence-electron chi connectivity index (χ1n) is 6.80. The van der Waals surface area contributed by atoms with Gasteiger partial charge in [-0.05, 0) is 55.8 Å². The summed E-state index contributed by atoms with van der Waals surface area (Å²) < 4.78 is 6.33. The zero-order valence-corrected chi connectivity index (χ0v) is 15.2. The Morgan fingerprint density at radius 1 is 1.57 bits per heavy atom. The molecule has 1 aromatic rings. The molecule has 0 radical (unpaired) electrons. The van der Waals surface area contributed by atoms with Gasteiger partial charge >= 0.3 is 6.09 Å². The Labute approximate surface area is 143 Å². The van der Waals surface area contributed by atoms with Crippen LogP contribution < -0.4 is 10.2 Å². The number of hydrogen-bond donors (Lipinski definition) is 1. The molecule has 1 amide bonds. The van der Waals surface area contributed by atoms with Crippen LogP contribution >= 0.6 is 34.2 Å². The van der Waals surface area contributed by atoms with Crippen molar-refractivity contribution in [3.8, 4) is 0 Å². The first-order chi connectivity index (χ1) is 9.74. The monoisotopic (exact) mass is 423 g/mol. The molecule has 2 heterocycles. The van der Waals surface area contributed by atoms with Gasteiger partial charge in [-0.2, -0.15) is 0 Å². The highest BCUT2D eigenvalue weighted by molar-refractivity contribution is 14.1. The van der Waals surface area contributed by atoms with E-state index in [1.807, 2.05) is 26.8 Å². The van der Waals surface area contributed by atoms with Gasteiger partial charge in [0, 0.05) is 19.3 Å². The van der Waals surface area contributed by atoms with Crippen molar-refractivity contribution in [2.24, 2.45) is 0 Å². The van der Waals surface area contributed by atoms with Gasteiger partial charge in [0.2, 0.25) is 0 Å². The van der Waals surface area contributed by atoms with Gasteiger partial charge in [-0.25, -0.2) is 9.78 Å². The third-order valence-electron chi connectivity index (χ3n) is 3.05. The molecule has 1 aromatic heterocycles. The molecule has 1 fully saturated rings. The Morgan fingerprint density at radius 2 is 2.29 bits per heavy atom. The number of anilines is 1. The van der Waals surface area contributed by atoms with E-state index < -0.39 is 5.60 Å². The smallest absolute Gasteiger partial charge is 0.407 e. The lowest BCUT2D eigenvalue weighted by molar-refractivity contribution is 0.0509. The molecule has 0 aromatic carbocycles. The average Bonchev–Trinajstić information content (AvgIpc) is 2.78. The van der Waals surface area contributed by atoms with Crippen molar-refractivity contribution in [1.82, 2.24) is 10.3 Å². The summed E-state index contributed by atoms with van der Waals surface area (Å²) >= 11 is 8.20. The quantitative estimate of drug-likeness (QED) is 0.585. The molecule has 1 aliphatic rings. The normalized spacial score (nSPS) is 18.7. The van der Waals surface area contributed by atoms with Gasteiger partial charge < -0.3 is 15.0 Å². The van der Waals surface area contributed by atoms with Crippen molar-refractivity contribution in [2.75, 3.05) is 18.0 Å².